The lowest BCUT2D eigenvalue weighted by Crippen LogP contribution is -2.00. The Morgan fingerprint density at radius 3 is 1.50 bits per heavy atom. The lowest BCUT2D eigenvalue weighted by Gasteiger charge is -2.12. The Morgan fingerprint density at radius 1 is 0.482 bits per heavy atom. The van der Waals surface area contributed by atoms with Gasteiger partial charge >= 0.3 is 0 Å². The standard InChI is InChI=1S/C51H40FN3O/c52-43-23-24-44-45-12-7-13-46(51(45)56-50(44)31-43)49-27-22-37(34-55-49)16-19-40-29-38(17-14-35-20-25-47(53-32-35)41-8-3-1-4-9-41)28-39(30-40)18-15-36-21-26-48(54-33-36)42-10-5-2-6-11-42/h1-13,20-34H,14-19H2/i14D2,15D2,16D2,17D2,18D2,19D2,20D,21D,22D,23D,25D,26D,27D,31D. The van der Waals surface area contributed by atoms with Gasteiger partial charge in [-0.15, -0.1) is 0 Å². The molecule has 0 spiro atoms. The topological polar surface area (TPSA) is 51.8 Å². The summed E-state index contributed by atoms with van der Waals surface area (Å²) in [6.07, 6.45) is -18.2. The van der Waals surface area contributed by atoms with Gasteiger partial charge in [0.1, 0.15) is 17.0 Å². The number of fused-ring (bicyclic) bond motifs is 3. The van der Waals surface area contributed by atoms with Crippen LogP contribution in [-0.4, -0.2) is 15.0 Å². The molecular formula is C51H40FN3O. The molecule has 4 nitrogen and oxygen atoms in total. The van der Waals surface area contributed by atoms with Gasteiger partial charge in [0.05, 0.1) is 28.0 Å². The second-order valence-corrected chi connectivity index (χ2v) is 12.3. The van der Waals surface area contributed by atoms with Crippen LogP contribution in [0.2, 0.25) is 0 Å². The van der Waals surface area contributed by atoms with Crippen molar-refractivity contribution in [3.05, 3.63) is 209 Å². The average Bonchev–Trinajstić information content (AvgIpc) is 3.78. The third-order valence-corrected chi connectivity index (χ3v) is 8.54. The van der Waals surface area contributed by atoms with Crippen molar-refractivity contribution in [3.8, 4) is 33.8 Å². The van der Waals surface area contributed by atoms with E-state index in [2.05, 4.69) is 15.0 Å². The smallest absolute Gasteiger partial charge is 0.144 e. The number of rotatable bonds is 12. The quantitative estimate of drug-likeness (QED) is 0.125. The van der Waals surface area contributed by atoms with Gasteiger partial charge in [-0.25, -0.2) is 4.39 Å². The first-order valence-corrected chi connectivity index (χ1v) is 17.3. The third kappa shape index (κ3) is 7.89. The highest BCUT2D eigenvalue weighted by atomic mass is 19.1. The Bertz CT molecular complexity index is 3660. The Labute approximate surface area is 354 Å². The molecule has 0 fully saturated rings. The number of aryl methyl sites for hydroxylation is 6. The Kier molecular flexibility index (Phi) is 5.48. The van der Waals surface area contributed by atoms with Crippen LogP contribution in [0.15, 0.2) is 174 Å². The van der Waals surface area contributed by atoms with E-state index in [0.29, 0.717) is 34.7 Å². The second kappa shape index (κ2) is 15.9. The molecule has 0 bridgehead atoms. The van der Waals surface area contributed by atoms with Crippen LogP contribution in [0.1, 0.15) is 60.8 Å². The van der Waals surface area contributed by atoms with Gasteiger partial charge in [-0.3, -0.25) is 15.0 Å². The van der Waals surface area contributed by atoms with E-state index in [1.54, 1.807) is 66.7 Å². The van der Waals surface area contributed by atoms with Crippen molar-refractivity contribution in [2.75, 3.05) is 0 Å². The summed E-state index contributed by atoms with van der Waals surface area (Å²) < 4.78 is 202. The Morgan fingerprint density at radius 2 is 0.964 bits per heavy atom. The van der Waals surface area contributed by atoms with Crippen molar-refractivity contribution in [1.82, 2.24) is 15.0 Å². The largest absolute Gasteiger partial charge is 0.455 e. The van der Waals surface area contributed by atoms with E-state index in [-0.39, 0.29) is 39.2 Å². The zero-order valence-electron chi connectivity index (χ0n) is 49.2. The third-order valence-electron chi connectivity index (χ3n) is 8.54. The normalized spacial score (nSPS) is 18.1. The predicted octanol–water partition coefficient (Wildman–Crippen LogP) is 12.3. The summed E-state index contributed by atoms with van der Waals surface area (Å²) in [5.74, 6) is -1.14. The first kappa shape index (κ1) is 19.2. The van der Waals surface area contributed by atoms with Crippen molar-refractivity contribution < 1.29 is 36.2 Å². The SMILES string of the molecule is [2H]c1cc2c(oc3c(-c4ncc(C([2H])([2H])C([2H])([2H])c5cc(C([2H])([2H])C([2H])([2H])c6cnc(-c7ccccc7)c([2H])c6[2H])cc(C([2H])([2H])C([2H])([2H])c6cnc(-c7ccccc7)c([2H])c6[2H])c5)c([2H])c4[2H])cccc32)c([2H])c1F. The van der Waals surface area contributed by atoms with E-state index in [4.69, 9.17) is 15.4 Å². The molecule has 5 heteroatoms. The lowest BCUT2D eigenvalue weighted by atomic mass is 9.94. The molecule has 0 aliphatic carbocycles. The molecular weight excluding hydrogens is 690 g/mol. The first-order chi connectivity index (χ1) is 35.5. The molecule has 0 saturated carbocycles. The van der Waals surface area contributed by atoms with Gasteiger partial charge in [0.25, 0.3) is 0 Å². The fraction of sp³-hybridized carbons (Fsp3) is 0.118. The fourth-order valence-corrected chi connectivity index (χ4v) is 5.87. The van der Waals surface area contributed by atoms with Gasteiger partial charge in [-0.1, -0.05) is 109 Å². The van der Waals surface area contributed by atoms with Gasteiger partial charge in [-0.05, 0) is 108 Å². The van der Waals surface area contributed by atoms with E-state index >= 15 is 0 Å². The Hall–Kier alpha value is -6.72. The van der Waals surface area contributed by atoms with Gasteiger partial charge in [0.15, 0.2) is 0 Å². The molecule has 5 aromatic carbocycles. The van der Waals surface area contributed by atoms with Crippen molar-refractivity contribution in [3.63, 3.8) is 0 Å². The van der Waals surface area contributed by atoms with E-state index in [1.807, 2.05) is 0 Å². The number of pyridine rings is 3. The number of para-hydroxylation sites is 1. The lowest BCUT2D eigenvalue weighted by molar-refractivity contribution is 0.618. The van der Waals surface area contributed by atoms with Crippen LogP contribution in [0.3, 0.4) is 0 Å². The zero-order valence-corrected chi connectivity index (χ0v) is 29.2. The summed E-state index contributed by atoms with van der Waals surface area (Å²) >= 11 is 0. The molecule has 0 radical (unpaired) electrons. The summed E-state index contributed by atoms with van der Waals surface area (Å²) in [6, 6.07) is 18.4. The molecule has 56 heavy (non-hydrogen) atoms. The van der Waals surface area contributed by atoms with Crippen LogP contribution in [-0.2, 0) is 38.2 Å². The summed E-state index contributed by atoms with van der Waals surface area (Å²) in [5.41, 5.74) is -4.83. The van der Waals surface area contributed by atoms with Crippen LogP contribution in [0.25, 0.3) is 55.7 Å². The number of nitrogens with zero attached hydrogens (tertiary/aromatic N) is 3. The predicted molar refractivity (Wildman–Crippen MR) is 225 cm³/mol. The molecule has 0 atom stereocenters. The van der Waals surface area contributed by atoms with Crippen molar-refractivity contribution in [2.24, 2.45) is 0 Å². The van der Waals surface area contributed by atoms with Gasteiger partial charge in [0, 0.05) is 68.5 Å². The molecule has 0 N–H and O–H groups in total. The number of aromatic nitrogens is 3. The Balaban J connectivity index is 1.20. The van der Waals surface area contributed by atoms with Crippen LogP contribution < -0.4 is 0 Å². The molecule has 4 heterocycles. The minimum atomic E-state index is -3.53. The van der Waals surface area contributed by atoms with E-state index < -0.39 is 126 Å². The zero-order chi connectivity index (χ0) is 55.4. The summed E-state index contributed by atoms with van der Waals surface area (Å²) in [5, 5.41) is 0.488. The summed E-state index contributed by atoms with van der Waals surface area (Å²) in [6.45, 7) is 0. The summed E-state index contributed by atoms with van der Waals surface area (Å²) in [4.78, 5) is 12.7. The van der Waals surface area contributed by atoms with Crippen LogP contribution in [0.5, 0.6) is 0 Å². The molecule has 0 unspecified atom stereocenters. The molecule has 9 rings (SSSR count). The van der Waals surface area contributed by atoms with E-state index in [0.717, 1.165) is 24.7 Å². The molecule has 272 valence electrons. The van der Waals surface area contributed by atoms with Gasteiger partial charge in [0.2, 0.25) is 0 Å². The highest BCUT2D eigenvalue weighted by molar-refractivity contribution is 6.09. The number of furan rings is 1. The van der Waals surface area contributed by atoms with Crippen LogP contribution in [0.4, 0.5) is 4.39 Å². The minimum Gasteiger partial charge on any atom is -0.455 e. The number of halogens is 1. The maximum absolute atomic E-state index is 14.6. The number of hydrogen-bond acceptors (Lipinski definition) is 4. The monoisotopic (exact) mass is 749 g/mol. The van der Waals surface area contributed by atoms with Crippen LogP contribution >= 0.6 is 0 Å². The molecule has 4 aromatic heterocycles. The van der Waals surface area contributed by atoms with Gasteiger partial charge in [-0.2, -0.15) is 0 Å². The number of benzene rings is 5. The highest BCUT2D eigenvalue weighted by Gasteiger charge is 2.14. The molecule has 0 saturated heterocycles. The first-order valence-electron chi connectivity index (χ1n) is 27.3. The average molecular weight is 750 g/mol. The van der Waals surface area contributed by atoms with Crippen molar-refractivity contribution in [2.45, 2.75) is 38.2 Å². The summed E-state index contributed by atoms with van der Waals surface area (Å²) in [7, 11) is 0. The fourth-order valence-electron chi connectivity index (χ4n) is 5.87. The minimum absolute atomic E-state index is 0.0195. The molecule has 0 aliphatic heterocycles. The van der Waals surface area contributed by atoms with Gasteiger partial charge < -0.3 is 4.42 Å². The molecule has 0 aliphatic rings. The maximum Gasteiger partial charge on any atom is 0.144 e. The van der Waals surface area contributed by atoms with Crippen LogP contribution in [0, 0.1) is 5.82 Å². The highest BCUT2D eigenvalue weighted by Crippen LogP contribution is 2.35. The molecule has 0 amide bonds. The second-order valence-electron chi connectivity index (χ2n) is 12.3. The maximum atomic E-state index is 14.6. The molecule has 9 aromatic rings. The van der Waals surface area contributed by atoms with Crippen molar-refractivity contribution in [1.29, 1.82) is 0 Å². The number of hydrogen-bond donors (Lipinski definition) is 0. The van der Waals surface area contributed by atoms with Crippen molar-refractivity contribution >= 4 is 21.9 Å². The van der Waals surface area contributed by atoms with E-state index in [1.165, 1.54) is 12.1 Å². The van der Waals surface area contributed by atoms with E-state index in [9.17, 15) is 20.8 Å².